The number of halogens is 3. The number of hydrogen-bond donors (Lipinski definition) is 1. The number of nitrogens with one attached hydrogen (secondary N) is 1. The topological polar surface area (TPSA) is 64.0 Å². The lowest BCUT2D eigenvalue weighted by molar-refractivity contribution is 0.0919. The number of carbonyl (C=O) groups is 1. The Kier molecular flexibility index (Phi) is 4.88. The third-order valence-electron chi connectivity index (χ3n) is 2.63. The van der Waals surface area contributed by atoms with E-state index in [9.17, 15) is 9.59 Å². The number of hydrogen-bond acceptors (Lipinski definition) is 3. The lowest BCUT2D eigenvalue weighted by Crippen LogP contribution is -2.44. The van der Waals surface area contributed by atoms with E-state index in [1.165, 1.54) is 18.5 Å². The van der Waals surface area contributed by atoms with Crippen LogP contribution in [0.4, 0.5) is 0 Å². The maximum atomic E-state index is 12.2. The predicted molar refractivity (Wildman–Crippen MR) is 81.7 cm³/mol. The van der Waals surface area contributed by atoms with Crippen LogP contribution in [-0.2, 0) is 0 Å². The van der Waals surface area contributed by atoms with E-state index in [0.717, 1.165) is 4.57 Å². The van der Waals surface area contributed by atoms with Crippen LogP contribution >= 0.6 is 34.8 Å². The van der Waals surface area contributed by atoms with Crippen molar-refractivity contribution in [2.75, 3.05) is 0 Å². The van der Waals surface area contributed by atoms with Crippen molar-refractivity contribution in [3.8, 4) is 0 Å². The summed E-state index contributed by atoms with van der Waals surface area (Å²) < 4.78 is -0.870. The van der Waals surface area contributed by atoms with Gasteiger partial charge in [-0.05, 0) is 18.2 Å². The highest BCUT2D eigenvalue weighted by atomic mass is 35.6. The van der Waals surface area contributed by atoms with Crippen LogP contribution in [0.25, 0.3) is 0 Å². The molecule has 2 aromatic rings. The molecule has 0 saturated carbocycles. The standard InChI is InChI=1S/C13H10Cl3N3O2/c14-13(15,16)11(19-8-4-7-17-12(19)21)18-10(20)9-5-2-1-3-6-9/h1-8,11H,(H,18,20)/t11-/m1/s1. The van der Waals surface area contributed by atoms with E-state index < -0.39 is 21.6 Å². The van der Waals surface area contributed by atoms with Crippen LogP contribution in [0.5, 0.6) is 0 Å². The van der Waals surface area contributed by atoms with Crippen molar-refractivity contribution in [3.05, 3.63) is 64.8 Å². The van der Waals surface area contributed by atoms with Crippen molar-refractivity contribution in [2.45, 2.75) is 9.96 Å². The number of benzene rings is 1. The van der Waals surface area contributed by atoms with Gasteiger partial charge in [-0.15, -0.1) is 0 Å². The van der Waals surface area contributed by atoms with Crippen LogP contribution in [0.3, 0.4) is 0 Å². The third kappa shape index (κ3) is 3.97. The van der Waals surface area contributed by atoms with Gasteiger partial charge in [-0.3, -0.25) is 9.36 Å². The molecule has 1 atom stereocenters. The summed E-state index contributed by atoms with van der Waals surface area (Å²) >= 11 is 17.6. The van der Waals surface area contributed by atoms with Crippen LogP contribution in [-0.4, -0.2) is 19.3 Å². The molecule has 0 spiro atoms. The molecule has 0 bridgehead atoms. The van der Waals surface area contributed by atoms with Gasteiger partial charge in [0.1, 0.15) is 0 Å². The smallest absolute Gasteiger partial charge is 0.328 e. The molecule has 0 saturated heterocycles. The molecule has 5 nitrogen and oxygen atoms in total. The Hall–Kier alpha value is -1.56. The Balaban J connectivity index is 2.33. The molecule has 2 rings (SSSR count). The summed E-state index contributed by atoms with van der Waals surface area (Å²) in [6, 6.07) is 9.90. The fourth-order valence-corrected chi connectivity index (χ4v) is 2.15. The van der Waals surface area contributed by atoms with Crippen LogP contribution in [0.1, 0.15) is 16.5 Å². The van der Waals surface area contributed by atoms with Crippen LogP contribution < -0.4 is 11.0 Å². The molecule has 0 radical (unpaired) electrons. The van der Waals surface area contributed by atoms with Gasteiger partial charge in [0.05, 0.1) is 0 Å². The molecule has 1 aromatic heterocycles. The van der Waals surface area contributed by atoms with E-state index in [-0.39, 0.29) is 0 Å². The number of aromatic nitrogens is 2. The average molecular weight is 347 g/mol. The third-order valence-corrected chi connectivity index (χ3v) is 3.25. The fourth-order valence-electron chi connectivity index (χ4n) is 1.67. The van der Waals surface area contributed by atoms with Gasteiger partial charge in [0.2, 0.25) is 3.79 Å². The highest BCUT2D eigenvalue weighted by molar-refractivity contribution is 6.67. The molecule has 21 heavy (non-hydrogen) atoms. The van der Waals surface area contributed by atoms with Crippen LogP contribution in [0.2, 0.25) is 0 Å². The normalized spacial score (nSPS) is 12.7. The first-order chi connectivity index (χ1) is 9.89. The van der Waals surface area contributed by atoms with Crippen molar-refractivity contribution >= 4 is 40.7 Å². The Morgan fingerprint density at radius 2 is 1.86 bits per heavy atom. The predicted octanol–water partition coefficient (Wildman–Crippen LogP) is 2.54. The quantitative estimate of drug-likeness (QED) is 0.869. The minimum absolute atomic E-state index is 0.383. The molecule has 1 aromatic carbocycles. The lowest BCUT2D eigenvalue weighted by atomic mass is 10.2. The van der Waals surface area contributed by atoms with E-state index >= 15 is 0 Å². The van der Waals surface area contributed by atoms with Crippen molar-refractivity contribution < 1.29 is 4.79 Å². The van der Waals surface area contributed by atoms with Crippen molar-refractivity contribution in [2.24, 2.45) is 0 Å². The van der Waals surface area contributed by atoms with E-state index in [2.05, 4.69) is 10.3 Å². The number of carbonyl (C=O) groups excluding carboxylic acids is 1. The summed E-state index contributed by atoms with van der Waals surface area (Å²) in [5.41, 5.74) is -0.254. The number of amides is 1. The van der Waals surface area contributed by atoms with Gasteiger partial charge >= 0.3 is 5.69 Å². The maximum absolute atomic E-state index is 12.2. The lowest BCUT2D eigenvalue weighted by Gasteiger charge is -2.26. The number of rotatable bonds is 3. The second kappa shape index (κ2) is 6.47. The molecule has 8 heteroatoms. The summed E-state index contributed by atoms with van der Waals surface area (Å²) in [7, 11) is 0. The minimum Gasteiger partial charge on any atom is -0.328 e. The second-order valence-electron chi connectivity index (χ2n) is 4.09. The number of alkyl halides is 3. The average Bonchev–Trinajstić information content (AvgIpc) is 2.45. The zero-order valence-corrected chi connectivity index (χ0v) is 12.8. The largest absolute Gasteiger partial charge is 0.349 e. The van der Waals surface area contributed by atoms with E-state index in [1.54, 1.807) is 30.3 Å². The van der Waals surface area contributed by atoms with Gasteiger partial charge in [-0.25, -0.2) is 9.78 Å². The molecule has 110 valence electrons. The Morgan fingerprint density at radius 1 is 1.19 bits per heavy atom. The van der Waals surface area contributed by atoms with Crippen LogP contribution in [0, 0.1) is 0 Å². The first kappa shape index (κ1) is 15.8. The first-order valence-electron chi connectivity index (χ1n) is 5.85. The van der Waals surface area contributed by atoms with Gasteiger partial charge in [-0.1, -0.05) is 53.0 Å². The molecule has 0 aliphatic heterocycles. The van der Waals surface area contributed by atoms with Gasteiger partial charge in [0.15, 0.2) is 6.17 Å². The molecule has 0 aliphatic carbocycles. The molecule has 1 N–H and O–H groups in total. The Bertz CT molecular complexity index is 683. The van der Waals surface area contributed by atoms with Crippen LogP contribution in [0.15, 0.2) is 53.6 Å². The SMILES string of the molecule is O=C(N[C@H](n1cccnc1=O)C(Cl)(Cl)Cl)c1ccccc1. The highest BCUT2D eigenvalue weighted by Gasteiger charge is 2.36. The van der Waals surface area contributed by atoms with E-state index in [0.29, 0.717) is 5.56 Å². The van der Waals surface area contributed by atoms with Crippen molar-refractivity contribution in [3.63, 3.8) is 0 Å². The van der Waals surface area contributed by atoms with Gasteiger partial charge in [0, 0.05) is 18.0 Å². The molecule has 1 amide bonds. The first-order valence-corrected chi connectivity index (χ1v) is 6.99. The zero-order chi connectivity index (χ0) is 15.5. The Labute approximate surface area is 135 Å². The molecule has 0 fully saturated rings. The molecule has 0 unspecified atom stereocenters. The summed E-state index contributed by atoms with van der Waals surface area (Å²) in [5, 5.41) is 2.52. The summed E-state index contributed by atoms with van der Waals surface area (Å²) in [5.74, 6) is -0.470. The molecular weight excluding hydrogens is 337 g/mol. The molecule has 0 aliphatic rings. The van der Waals surface area contributed by atoms with Crippen molar-refractivity contribution in [1.29, 1.82) is 0 Å². The van der Waals surface area contributed by atoms with E-state index in [1.807, 2.05) is 0 Å². The van der Waals surface area contributed by atoms with Gasteiger partial charge in [0.25, 0.3) is 5.91 Å². The maximum Gasteiger partial charge on any atom is 0.349 e. The van der Waals surface area contributed by atoms with Crippen molar-refractivity contribution in [1.82, 2.24) is 14.9 Å². The second-order valence-corrected chi connectivity index (χ2v) is 6.46. The van der Waals surface area contributed by atoms with Gasteiger partial charge in [-0.2, -0.15) is 0 Å². The summed E-state index contributed by atoms with van der Waals surface area (Å²) in [4.78, 5) is 27.5. The zero-order valence-electron chi connectivity index (χ0n) is 10.5. The minimum atomic E-state index is -1.92. The molecular formula is C13H10Cl3N3O2. The monoisotopic (exact) mass is 345 g/mol. The number of nitrogens with zero attached hydrogens (tertiary/aromatic N) is 2. The van der Waals surface area contributed by atoms with E-state index in [4.69, 9.17) is 34.8 Å². The summed E-state index contributed by atoms with van der Waals surface area (Å²) in [6.45, 7) is 0. The van der Waals surface area contributed by atoms with Gasteiger partial charge < -0.3 is 5.32 Å². The highest BCUT2D eigenvalue weighted by Crippen LogP contribution is 2.36. The Morgan fingerprint density at radius 3 is 2.43 bits per heavy atom. The molecule has 1 heterocycles. The summed E-state index contributed by atoms with van der Waals surface area (Å²) in [6.07, 6.45) is 1.51. The fraction of sp³-hybridized carbons (Fsp3) is 0.154.